The van der Waals surface area contributed by atoms with E-state index in [1.54, 1.807) is 49.6 Å². The zero-order valence-electron chi connectivity index (χ0n) is 12.1. The summed E-state index contributed by atoms with van der Waals surface area (Å²) in [7, 11) is 3.09. The predicted molar refractivity (Wildman–Crippen MR) is 89.5 cm³/mol. The first-order valence-corrected chi connectivity index (χ1v) is 7.14. The van der Waals surface area contributed by atoms with Gasteiger partial charge in [0.1, 0.15) is 0 Å². The second kappa shape index (κ2) is 7.22. The average molecular weight is 334 g/mol. The third-order valence-electron chi connectivity index (χ3n) is 3.08. The molecule has 0 aromatic heterocycles. The van der Waals surface area contributed by atoms with Crippen LogP contribution in [0.2, 0.25) is 10.0 Å². The average Bonchev–Trinajstić information content (AvgIpc) is 2.54. The molecule has 0 N–H and O–H groups in total. The molecule has 0 saturated carbocycles. The highest BCUT2D eigenvalue weighted by molar-refractivity contribution is 6.32. The fraction of sp³-hybridized carbons (Fsp3) is 0.118. The minimum absolute atomic E-state index is 0.472. The van der Waals surface area contributed by atoms with E-state index in [0.717, 1.165) is 5.56 Å². The Labute approximate surface area is 139 Å². The van der Waals surface area contributed by atoms with Gasteiger partial charge < -0.3 is 9.47 Å². The summed E-state index contributed by atoms with van der Waals surface area (Å²) in [6.45, 7) is 0. The van der Waals surface area contributed by atoms with Crippen LogP contribution in [0.1, 0.15) is 11.1 Å². The van der Waals surface area contributed by atoms with E-state index in [0.29, 0.717) is 32.7 Å². The van der Waals surface area contributed by atoms with Crippen LogP contribution in [0.3, 0.4) is 0 Å². The molecule has 0 aliphatic rings. The van der Waals surface area contributed by atoms with E-state index in [-0.39, 0.29) is 0 Å². The van der Waals surface area contributed by atoms with Gasteiger partial charge in [-0.3, -0.25) is 0 Å². The third kappa shape index (κ3) is 3.54. The van der Waals surface area contributed by atoms with Crippen LogP contribution in [0.15, 0.2) is 36.4 Å². The summed E-state index contributed by atoms with van der Waals surface area (Å²) < 4.78 is 10.4. The molecular formula is C17H13Cl2NO2. The number of ether oxygens (including phenoxy) is 2. The van der Waals surface area contributed by atoms with Crippen molar-refractivity contribution < 1.29 is 9.47 Å². The van der Waals surface area contributed by atoms with Gasteiger partial charge in [-0.25, -0.2) is 0 Å². The second-order valence-electron chi connectivity index (χ2n) is 4.41. The van der Waals surface area contributed by atoms with Crippen LogP contribution in [0, 0.1) is 11.3 Å². The molecule has 2 aromatic carbocycles. The largest absolute Gasteiger partial charge is 0.493 e. The molecule has 0 saturated heterocycles. The van der Waals surface area contributed by atoms with Crippen molar-refractivity contribution in [2.75, 3.05) is 14.2 Å². The Balaban J connectivity index is 2.50. The molecule has 0 radical (unpaired) electrons. The standard InChI is InChI=1S/C17H13Cl2NO2/c1-21-16-8-12(15(19)9-17(16)22-2)7-13(10-20)11-3-5-14(18)6-4-11/h3-9H,1-2H3/b13-7-. The molecule has 0 aliphatic heterocycles. The quantitative estimate of drug-likeness (QED) is 0.579. The van der Waals surface area contributed by atoms with E-state index >= 15 is 0 Å². The van der Waals surface area contributed by atoms with Crippen molar-refractivity contribution >= 4 is 34.9 Å². The smallest absolute Gasteiger partial charge is 0.162 e. The van der Waals surface area contributed by atoms with Gasteiger partial charge in [0, 0.05) is 11.1 Å². The van der Waals surface area contributed by atoms with Crippen molar-refractivity contribution in [2.24, 2.45) is 0 Å². The van der Waals surface area contributed by atoms with Crippen LogP contribution in [0.5, 0.6) is 11.5 Å². The fourth-order valence-corrected chi connectivity index (χ4v) is 2.28. The summed E-state index contributed by atoms with van der Waals surface area (Å²) >= 11 is 12.1. The molecule has 0 fully saturated rings. The molecular weight excluding hydrogens is 321 g/mol. The zero-order valence-corrected chi connectivity index (χ0v) is 13.6. The van der Waals surface area contributed by atoms with Crippen molar-refractivity contribution in [2.45, 2.75) is 0 Å². The Morgan fingerprint density at radius 3 is 2.18 bits per heavy atom. The molecule has 0 amide bonds. The highest BCUT2D eigenvalue weighted by atomic mass is 35.5. The predicted octanol–water partition coefficient (Wildman–Crippen LogP) is 5.07. The normalized spacial score (nSPS) is 11.0. The SMILES string of the molecule is COc1cc(Cl)c(/C=C(/C#N)c2ccc(Cl)cc2)cc1OC. The second-order valence-corrected chi connectivity index (χ2v) is 5.25. The topological polar surface area (TPSA) is 42.2 Å². The highest BCUT2D eigenvalue weighted by Crippen LogP contribution is 2.34. The van der Waals surface area contributed by atoms with Crippen LogP contribution in [-0.2, 0) is 0 Å². The van der Waals surface area contributed by atoms with E-state index in [2.05, 4.69) is 6.07 Å². The van der Waals surface area contributed by atoms with Crippen LogP contribution < -0.4 is 9.47 Å². The van der Waals surface area contributed by atoms with Crippen molar-refractivity contribution in [3.8, 4) is 17.6 Å². The summed E-state index contributed by atoms with van der Waals surface area (Å²) in [5.41, 5.74) is 1.91. The maximum Gasteiger partial charge on any atom is 0.162 e. The van der Waals surface area contributed by atoms with E-state index < -0.39 is 0 Å². The van der Waals surface area contributed by atoms with Gasteiger partial charge in [-0.2, -0.15) is 5.26 Å². The van der Waals surface area contributed by atoms with Crippen molar-refractivity contribution in [1.82, 2.24) is 0 Å². The van der Waals surface area contributed by atoms with E-state index in [4.69, 9.17) is 32.7 Å². The lowest BCUT2D eigenvalue weighted by atomic mass is 10.0. The molecule has 0 unspecified atom stereocenters. The number of halogens is 2. The van der Waals surface area contributed by atoms with Gasteiger partial charge in [0.2, 0.25) is 0 Å². The lowest BCUT2D eigenvalue weighted by molar-refractivity contribution is 0.355. The molecule has 0 heterocycles. The van der Waals surface area contributed by atoms with Crippen LogP contribution >= 0.6 is 23.2 Å². The molecule has 0 atom stereocenters. The molecule has 0 spiro atoms. The summed E-state index contributed by atoms with van der Waals surface area (Å²) in [5.74, 6) is 1.08. The Bertz CT molecular complexity index is 746. The fourth-order valence-electron chi connectivity index (χ4n) is 1.95. The number of nitriles is 1. The maximum atomic E-state index is 9.38. The first-order chi connectivity index (χ1) is 10.6. The number of allylic oxidation sites excluding steroid dienone is 1. The van der Waals surface area contributed by atoms with Gasteiger partial charge >= 0.3 is 0 Å². The number of nitrogens with zero attached hydrogens (tertiary/aromatic N) is 1. The van der Waals surface area contributed by atoms with Crippen LogP contribution in [-0.4, -0.2) is 14.2 Å². The van der Waals surface area contributed by atoms with Crippen LogP contribution in [0.25, 0.3) is 11.6 Å². The van der Waals surface area contributed by atoms with Gasteiger partial charge in [0.25, 0.3) is 0 Å². The Kier molecular flexibility index (Phi) is 5.32. The van der Waals surface area contributed by atoms with Crippen molar-refractivity contribution in [3.05, 3.63) is 57.6 Å². The van der Waals surface area contributed by atoms with Gasteiger partial charge in [-0.05, 0) is 35.4 Å². The number of hydrogen-bond donors (Lipinski definition) is 0. The Morgan fingerprint density at radius 2 is 1.64 bits per heavy atom. The monoisotopic (exact) mass is 333 g/mol. The number of methoxy groups -OCH3 is 2. The number of hydrogen-bond acceptors (Lipinski definition) is 3. The minimum atomic E-state index is 0.472. The first-order valence-electron chi connectivity index (χ1n) is 6.38. The minimum Gasteiger partial charge on any atom is -0.493 e. The van der Waals surface area contributed by atoms with Gasteiger partial charge in [0.15, 0.2) is 11.5 Å². The molecule has 2 rings (SSSR count). The number of rotatable bonds is 4. The molecule has 0 bridgehead atoms. The molecule has 5 heteroatoms. The van der Waals surface area contributed by atoms with Crippen molar-refractivity contribution in [3.63, 3.8) is 0 Å². The van der Waals surface area contributed by atoms with Gasteiger partial charge in [0.05, 0.1) is 30.9 Å². The molecule has 0 aliphatic carbocycles. The Morgan fingerprint density at radius 1 is 1.05 bits per heavy atom. The maximum absolute atomic E-state index is 9.38. The van der Waals surface area contributed by atoms with Crippen molar-refractivity contribution in [1.29, 1.82) is 5.26 Å². The van der Waals surface area contributed by atoms with E-state index in [1.807, 2.05) is 0 Å². The summed E-state index contributed by atoms with van der Waals surface area (Å²) in [5, 5.41) is 10.5. The highest BCUT2D eigenvalue weighted by Gasteiger charge is 2.10. The molecule has 3 nitrogen and oxygen atoms in total. The molecule has 22 heavy (non-hydrogen) atoms. The lowest BCUT2D eigenvalue weighted by Crippen LogP contribution is -1.92. The van der Waals surface area contributed by atoms with Crippen LogP contribution in [0.4, 0.5) is 0 Å². The third-order valence-corrected chi connectivity index (χ3v) is 3.66. The summed E-state index contributed by atoms with van der Waals surface area (Å²) in [4.78, 5) is 0. The lowest BCUT2D eigenvalue weighted by Gasteiger charge is -2.10. The summed E-state index contributed by atoms with van der Waals surface area (Å²) in [6, 6.07) is 12.6. The molecule has 2 aromatic rings. The van der Waals surface area contributed by atoms with E-state index in [9.17, 15) is 5.26 Å². The number of benzene rings is 2. The first kappa shape index (κ1) is 16.2. The summed E-state index contributed by atoms with van der Waals surface area (Å²) in [6.07, 6.45) is 1.70. The Hall–Kier alpha value is -2.15. The van der Waals surface area contributed by atoms with Gasteiger partial charge in [-0.15, -0.1) is 0 Å². The van der Waals surface area contributed by atoms with E-state index in [1.165, 1.54) is 7.11 Å². The van der Waals surface area contributed by atoms with Gasteiger partial charge in [-0.1, -0.05) is 35.3 Å². The molecule has 112 valence electrons. The zero-order chi connectivity index (χ0) is 16.1.